The number of hydrogen-bond donors (Lipinski definition) is 2. The summed E-state index contributed by atoms with van der Waals surface area (Å²) in [6.07, 6.45) is 4.25. The lowest BCUT2D eigenvalue weighted by atomic mass is 9.96. The summed E-state index contributed by atoms with van der Waals surface area (Å²) in [6.45, 7) is 7.31. The van der Waals surface area contributed by atoms with Gasteiger partial charge in [-0.2, -0.15) is 0 Å². The second-order valence-corrected chi connectivity index (χ2v) is 6.01. The molecular formula is C15H25BrN2O2. The predicted molar refractivity (Wildman–Crippen MR) is 84.8 cm³/mol. The Morgan fingerprint density at radius 2 is 2.05 bits per heavy atom. The average molecular weight is 345 g/mol. The summed E-state index contributed by atoms with van der Waals surface area (Å²) in [5, 5.41) is 12.9. The van der Waals surface area contributed by atoms with Crippen molar-refractivity contribution in [3.05, 3.63) is 22.4 Å². The molecule has 1 heterocycles. The quantitative estimate of drug-likeness (QED) is 0.760. The van der Waals surface area contributed by atoms with Crippen LogP contribution in [0, 0.1) is 5.92 Å². The molecule has 1 amide bonds. The van der Waals surface area contributed by atoms with Crippen LogP contribution in [0.5, 0.6) is 0 Å². The Morgan fingerprint density at radius 3 is 2.60 bits per heavy atom. The first-order chi connectivity index (χ1) is 9.53. The number of nitrogens with zero attached hydrogens (tertiary/aromatic N) is 1. The molecule has 0 aliphatic heterocycles. The van der Waals surface area contributed by atoms with Crippen molar-refractivity contribution in [2.24, 2.45) is 5.92 Å². The third-order valence-corrected chi connectivity index (χ3v) is 4.06. The lowest BCUT2D eigenvalue weighted by molar-refractivity contribution is 0.0810. The minimum absolute atomic E-state index is 0.130. The number of aliphatic hydroxyl groups excluding tert-OH is 1. The van der Waals surface area contributed by atoms with Crippen molar-refractivity contribution in [2.75, 3.05) is 6.54 Å². The van der Waals surface area contributed by atoms with Gasteiger partial charge in [-0.25, -0.2) is 0 Å². The Balaban J connectivity index is 2.63. The fraction of sp³-hybridized carbons (Fsp3) is 0.667. The maximum Gasteiger partial charge on any atom is 0.268 e. The number of nitrogens with one attached hydrogen (secondary N) is 1. The average Bonchev–Trinajstić information content (AvgIpc) is 2.79. The second-order valence-electron chi connectivity index (χ2n) is 5.09. The van der Waals surface area contributed by atoms with E-state index in [2.05, 4.69) is 42.0 Å². The molecule has 1 atom stereocenters. The van der Waals surface area contributed by atoms with Crippen molar-refractivity contribution >= 4 is 21.8 Å². The third-order valence-electron chi connectivity index (χ3n) is 3.63. The summed E-state index contributed by atoms with van der Waals surface area (Å²) in [7, 11) is 0. The van der Waals surface area contributed by atoms with Crippen LogP contribution in [0.4, 0.5) is 0 Å². The van der Waals surface area contributed by atoms with E-state index in [9.17, 15) is 9.90 Å². The molecule has 0 radical (unpaired) electrons. The molecule has 5 heteroatoms. The van der Waals surface area contributed by atoms with Crippen molar-refractivity contribution in [3.8, 4) is 0 Å². The van der Waals surface area contributed by atoms with Crippen LogP contribution in [-0.4, -0.2) is 28.2 Å². The molecule has 2 N–H and O–H groups in total. The maximum atomic E-state index is 12.2. The van der Waals surface area contributed by atoms with E-state index in [1.165, 1.54) is 0 Å². The normalized spacial score (nSPS) is 12.7. The monoisotopic (exact) mass is 344 g/mol. The zero-order valence-electron chi connectivity index (χ0n) is 12.5. The van der Waals surface area contributed by atoms with Gasteiger partial charge in [0.15, 0.2) is 0 Å². The van der Waals surface area contributed by atoms with Gasteiger partial charge < -0.3 is 15.0 Å². The highest BCUT2D eigenvalue weighted by Crippen LogP contribution is 2.16. The zero-order chi connectivity index (χ0) is 15.1. The number of aromatic nitrogens is 1. The Labute approximate surface area is 129 Å². The van der Waals surface area contributed by atoms with E-state index in [0.717, 1.165) is 30.3 Å². The molecule has 0 bridgehead atoms. The second kappa shape index (κ2) is 8.47. The first kappa shape index (κ1) is 17.2. The Kier molecular flexibility index (Phi) is 7.30. The van der Waals surface area contributed by atoms with Crippen molar-refractivity contribution in [1.82, 2.24) is 9.88 Å². The molecule has 0 saturated carbocycles. The van der Waals surface area contributed by atoms with Crippen molar-refractivity contribution in [3.63, 3.8) is 0 Å². The maximum absolute atomic E-state index is 12.2. The van der Waals surface area contributed by atoms with Crippen LogP contribution in [0.1, 0.15) is 50.5 Å². The molecule has 1 rings (SSSR count). The van der Waals surface area contributed by atoms with Crippen LogP contribution in [0.2, 0.25) is 0 Å². The summed E-state index contributed by atoms with van der Waals surface area (Å²) in [5.74, 6) is 0.110. The fourth-order valence-electron chi connectivity index (χ4n) is 2.38. The lowest BCUT2D eigenvalue weighted by Crippen LogP contribution is -2.36. The minimum atomic E-state index is -0.480. The van der Waals surface area contributed by atoms with Crippen molar-refractivity contribution < 1.29 is 9.90 Å². The number of rotatable bonds is 8. The van der Waals surface area contributed by atoms with Crippen LogP contribution in [0.3, 0.4) is 0 Å². The summed E-state index contributed by atoms with van der Waals surface area (Å²) in [4.78, 5) is 12.2. The lowest BCUT2D eigenvalue weighted by Gasteiger charge is -2.20. The van der Waals surface area contributed by atoms with Gasteiger partial charge in [0.1, 0.15) is 5.69 Å². The topological polar surface area (TPSA) is 54.3 Å². The molecule has 0 fully saturated rings. The van der Waals surface area contributed by atoms with Gasteiger partial charge in [0, 0.05) is 23.8 Å². The molecule has 1 aromatic rings. The summed E-state index contributed by atoms with van der Waals surface area (Å²) < 4.78 is 2.83. The standard InChI is InChI=1S/C15H25BrN2O2/c1-4-7-18-10-12(16)8-13(18)15(20)17-9-14(19)11(5-2)6-3/h8,10-11,14,19H,4-7,9H2,1-3H3,(H,17,20). The highest BCUT2D eigenvalue weighted by molar-refractivity contribution is 9.10. The van der Waals surface area contributed by atoms with E-state index in [1.807, 2.05) is 16.8 Å². The number of amides is 1. The molecule has 1 unspecified atom stereocenters. The molecule has 0 aliphatic rings. The highest BCUT2D eigenvalue weighted by Gasteiger charge is 2.18. The minimum Gasteiger partial charge on any atom is -0.391 e. The molecule has 1 aromatic heterocycles. The third kappa shape index (κ3) is 4.63. The molecule has 4 nitrogen and oxygen atoms in total. The highest BCUT2D eigenvalue weighted by atomic mass is 79.9. The Bertz CT molecular complexity index is 428. The Morgan fingerprint density at radius 1 is 1.40 bits per heavy atom. The van der Waals surface area contributed by atoms with E-state index in [1.54, 1.807) is 0 Å². The van der Waals surface area contributed by atoms with Gasteiger partial charge >= 0.3 is 0 Å². The van der Waals surface area contributed by atoms with Crippen LogP contribution >= 0.6 is 15.9 Å². The summed E-state index contributed by atoms with van der Waals surface area (Å²) in [6, 6.07) is 1.81. The molecule has 0 aliphatic carbocycles. The van der Waals surface area contributed by atoms with E-state index in [4.69, 9.17) is 0 Å². The fourth-order valence-corrected chi connectivity index (χ4v) is 2.84. The van der Waals surface area contributed by atoms with E-state index in [0.29, 0.717) is 12.2 Å². The number of carbonyl (C=O) groups is 1. The van der Waals surface area contributed by atoms with Gasteiger partial charge in [-0.1, -0.05) is 33.6 Å². The van der Waals surface area contributed by atoms with Crippen LogP contribution in [0.25, 0.3) is 0 Å². The van der Waals surface area contributed by atoms with E-state index in [-0.39, 0.29) is 11.8 Å². The van der Waals surface area contributed by atoms with Gasteiger partial charge in [0.05, 0.1) is 6.10 Å². The summed E-state index contributed by atoms with van der Waals surface area (Å²) in [5.41, 5.74) is 0.635. The number of aliphatic hydroxyl groups is 1. The summed E-state index contributed by atoms with van der Waals surface area (Å²) >= 11 is 3.40. The van der Waals surface area contributed by atoms with Crippen LogP contribution in [0.15, 0.2) is 16.7 Å². The van der Waals surface area contributed by atoms with Gasteiger partial charge in [-0.3, -0.25) is 4.79 Å². The molecule has 114 valence electrons. The predicted octanol–water partition coefficient (Wildman–Crippen LogP) is 3.19. The van der Waals surface area contributed by atoms with Crippen molar-refractivity contribution in [1.29, 1.82) is 0 Å². The molecule has 0 spiro atoms. The molecule has 20 heavy (non-hydrogen) atoms. The zero-order valence-corrected chi connectivity index (χ0v) is 14.1. The van der Waals surface area contributed by atoms with Crippen LogP contribution < -0.4 is 5.32 Å². The largest absolute Gasteiger partial charge is 0.391 e. The SMILES string of the molecule is CCCn1cc(Br)cc1C(=O)NCC(O)C(CC)CC. The van der Waals surface area contributed by atoms with Gasteiger partial charge in [-0.05, 0) is 34.3 Å². The first-order valence-corrected chi connectivity index (χ1v) is 8.14. The number of hydrogen-bond acceptors (Lipinski definition) is 2. The number of carbonyl (C=O) groups excluding carboxylic acids is 1. The smallest absolute Gasteiger partial charge is 0.268 e. The Hall–Kier alpha value is -0.810. The van der Waals surface area contributed by atoms with Crippen molar-refractivity contribution in [2.45, 2.75) is 52.7 Å². The van der Waals surface area contributed by atoms with Crippen LogP contribution in [-0.2, 0) is 6.54 Å². The van der Waals surface area contributed by atoms with E-state index < -0.39 is 6.10 Å². The van der Waals surface area contributed by atoms with E-state index >= 15 is 0 Å². The number of aryl methyl sites for hydroxylation is 1. The number of halogens is 1. The molecular weight excluding hydrogens is 320 g/mol. The van der Waals surface area contributed by atoms with Gasteiger partial charge in [0.25, 0.3) is 5.91 Å². The molecule has 0 aromatic carbocycles. The molecule has 0 saturated heterocycles. The van der Waals surface area contributed by atoms with Gasteiger partial charge in [-0.15, -0.1) is 0 Å². The first-order valence-electron chi connectivity index (χ1n) is 7.35. The van der Waals surface area contributed by atoms with Gasteiger partial charge in [0.2, 0.25) is 0 Å².